The van der Waals surface area contributed by atoms with Crippen molar-refractivity contribution in [3.63, 3.8) is 0 Å². The molecule has 2 aliphatic heterocycles. The lowest BCUT2D eigenvalue weighted by Gasteiger charge is -2.41. The number of nitrogens with zero attached hydrogens (tertiary/aromatic N) is 2. The molecule has 3 aromatic rings. The van der Waals surface area contributed by atoms with Crippen molar-refractivity contribution >= 4 is 16.6 Å². The van der Waals surface area contributed by atoms with Crippen LogP contribution >= 0.6 is 0 Å². The molecule has 200 valence electrons. The van der Waals surface area contributed by atoms with Gasteiger partial charge in [-0.2, -0.15) is 13.2 Å². The van der Waals surface area contributed by atoms with E-state index in [0.29, 0.717) is 42.5 Å². The van der Waals surface area contributed by atoms with Crippen LogP contribution in [0.15, 0.2) is 30.3 Å². The zero-order valence-electron chi connectivity index (χ0n) is 20.1. The van der Waals surface area contributed by atoms with Crippen molar-refractivity contribution in [2.75, 3.05) is 38.2 Å². The summed E-state index contributed by atoms with van der Waals surface area (Å²) in [4.78, 5) is 6.06. The van der Waals surface area contributed by atoms with Crippen LogP contribution in [0.1, 0.15) is 36.2 Å². The van der Waals surface area contributed by atoms with Crippen LogP contribution in [0.4, 0.5) is 36.4 Å². The molecule has 1 fully saturated rings. The summed E-state index contributed by atoms with van der Waals surface area (Å²) in [6.07, 6.45) is -4.02. The molecule has 2 aromatic carbocycles. The molecular formula is C26H27F7N4. The average Bonchev–Trinajstić information content (AvgIpc) is 3.13. The van der Waals surface area contributed by atoms with Crippen LogP contribution in [0, 0.1) is 17.5 Å². The highest BCUT2D eigenvalue weighted by Gasteiger charge is 2.44. The molecule has 0 amide bonds. The molecule has 1 unspecified atom stereocenters. The smallest absolute Gasteiger partial charge is 0.380 e. The standard InChI is InChI=1S/C26H27F7N4/c1-14-7-19-18-8-15(28)3-4-22(18)35-24(19)25(37(14)13-26(31,32)33)23-20(29)9-16(10-21(23)30)34-17-11-36(12-17)6-2-5-27/h3-4,8-10,14,17,25,34-35H,2,5-7,11-13H2,1H3/t14-,25?/m1/s1. The van der Waals surface area contributed by atoms with Gasteiger partial charge in [0.1, 0.15) is 17.5 Å². The average molecular weight is 529 g/mol. The molecule has 2 atom stereocenters. The summed E-state index contributed by atoms with van der Waals surface area (Å²) in [5, 5.41) is 3.53. The predicted molar refractivity (Wildman–Crippen MR) is 127 cm³/mol. The van der Waals surface area contributed by atoms with Crippen molar-refractivity contribution in [1.29, 1.82) is 0 Å². The van der Waals surface area contributed by atoms with Gasteiger partial charge in [-0.15, -0.1) is 0 Å². The van der Waals surface area contributed by atoms with Crippen molar-refractivity contribution in [2.45, 2.75) is 44.1 Å². The topological polar surface area (TPSA) is 34.3 Å². The van der Waals surface area contributed by atoms with Crippen LogP contribution in [-0.2, 0) is 6.42 Å². The van der Waals surface area contributed by atoms with E-state index in [-0.39, 0.29) is 23.8 Å². The van der Waals surface area contributed by atoms with Gasteiger partial charge in [0.25, 0.3) is 0 Å². The van der Waals surface area contributed by atoms with E-state index in [1.807, 2.05) is 4.90 Å². The number of H-pyrrole nitrogens is 1. The number of halogens is 7. The fourth-order valence-electron chi connectivity index (χ4n) is 5.58. The maximum absolute atomic E-state index is 15.5. The first-order chi connectivity index (χ1) is 17.5. The summed E-state index contributed by atoms with van der Waals surface area (Å²) in [5.41, 5.74) is 0.948. The zero-order valence-corrected chi connectivity index (χ0v) is 20.1. The Morgan fingerprint density at radius 1 is 1.05 bits per heavy atom. The number of aromatic nitrogens is 1. The largest absolute Gasteiger partial charge is 0.401 e. The third kappa shape index (κ3) is 5.16. The third-order valence-corrected chi connectivity index (χ3v) is 7.22. The number of hydrogen-bond acceptors (Lipinski definition) is 3. The highest BCUT2D eigenvalue weighted by atomic mass is 19.4. The van der Waals surface area contributed by atoms with Crippen LogP contribution in [0.3, 0.4) is 0 Å². The van der Waals surface area contributed by atoms with Gasteiger partial charge < -0.3 is 10.3 Å². The van der Waals surface area contributed by atoms with Gasteiger partial charge in [-0.25, -0.2) is 13.2 Å². The number of anilines is 1. The maximum atomic E-state index is 15.5. The SMILES string of the molecule is C[C@@H]1Cc2c([nH]c3ccc(F)cc23)C(c2c(F)cc(NC3CN(CCCF)C3)cc2F)N1CC(F)(F)F. The Kier molecular flexibility index (Phi) is 6.86. The molecule has 1 aromatic heterocycles. The second-order valence-corrected chi connectivity index (χ2v) is 9.95. The second kappa shape index (κ2) is 9.83. The van der Waals surface area contributed by atoms with E-state index in [1.165, 1.54) is 18.2 Å². The van der Waals surface area contributed by atoms with E-state index in [0.717, 1.165) is 17.0 Å². The zero-order chi connectivity index (χ0) is 26.5. The third-order valence-electron chi connectivity index (χ3n) is 7.22. The summed E-state index contributed by atoms with van der Waals surface area (Å²) in [6.45, 7) is 1.58. The van der Waals surface area contributed by atoms with Gasteiger partial charge in [0, 0.05) is 53.5 Å². The van der Waals surface area contributed by atoms with Crippen molar-refractivity contribution in [1.82, 2.24) is 14.8 Å². The lowest BCUT2D eigenvalue weighted by molar-refractivity contribution is -0.155. The van der Waals surface area contributed by atoms with Gasteiger partial charge in [0.05, 0.1) is 25.3 Å². The van der Waals surface area contributed by atoms with Gasteiger partial charge in [0.2, 0.25) is 0 Å². The number of likely N-dealkylation sites (tertiary alicyclic amines) is 1. The molecule has 0 bridgehead atoms. The van der Waals surface area contributed by atoms with Crippen molar-refractivity contribution in [2.24, 2.45) is 0 Å². The highest BCUT2D eigenvalue weighted by Crippen LogP contribution is 2.44. The minimum absolute atomic E-state index is 0.0732. The molecule has 0 saturated carbocycles. The van der Waals surface area contributed by atoms with E-state index < -0.39 is 54.5 Å². The molecule has 11 heteroatoms. The minimum Gasteiger partial charge on any atom is -0.380 e. The summed E-state index contributed by atoms with van der Waals surface area (Å²) < 4.78 is 98.1. The molecular weight excluding hydrogens is 501 g/mol. The molecule has 5 rings (SSSR count). The molecule has 2 N–H and O–H groups in total. The minimum atomic E-state index is -4.60. The Balaban J connectivity index is 1.51. The summed E-state index contributed by atoms with van der Waals surface area (Å²) in [6, 6.07) is 3.98. The molecule has 2 aliphatic rings. The normalized spacial score (nSPS) is 21.3. The van der Waals surface area contributed by atoms with E-state index >= 15 is 8.78 Å². The Bertz CT molecular complexity index is 1260. The quantitative estimate of drug-likeness (QED) is 0.373. The molecule has 0 aliphatic carbocycles. The number of rotatable bonds is 7. The van der Waals surface area contributed by atoms with Crippen molar-refractivity contribution < 1.29 is 30.7 Å². The molecule has 0 spiro atoms. The Morgan fingerprint density at radius 2 is 1.76 bits per heavy atom. The molecule has 1 saturated heterocycles. The Hall–Kier alpha value is -2.79. The van der Waals surface area contributed by atoms with E-state index in [1.54, 1.807) is 6.92 Å². The fraction of sp³-hybridized carbons (Fsp3) is 0.462. The number of aromatic amines is 1. The molecule has 4 nitrogen and oxygen atoms in total. The van der Waals surface area contributed by atoms with E-state index in [4.69, 9.17) is 0 Å². The molecule has 37 heavy (non-hydrogen) atoms. The van der Waals surface area contributed by atoms with Gasteiger partial charge >= 0.3 is 6.18 Å². The lowest BCUT2D eigenvalue weighted by Crippen LogP contribution is -2.54. The Labute approximate surface area is 209 Å². The number of nitrogens with one attached hydrogen (secondary N) is 2. The van der Waals surface area contributed by atoms with E-state index in [2.05, 4.69) is 10.3 Å². The first kappa shape index (κ1) is 25.8. The van der Waals surface area contributed by atoms with Crippen molar-refractivity contribution in [3.05, 3.63) is 64.6 Å². The van der Waals surface area contributed by atoms with Crippen LogP contribution < -0.4 is 5.32 Å². The Morgan fingerprint density at radius 3 is 2.41 bits per heavy atom. The van der Waals surface area contributed by atoms with Gasteiger partial charge in [0.15, 0.2) is 0 Å². The van der Waals surface area contributed by atoms with Crippen LogP contribution in [0.5, 0.6) is 0 Å². The molecule has 0 radical (unpaired) electrons. The number of alkyl halides is 4. The number of hydrogen-bond donors (Lipinski definition) is 2. The van der Waals surface area contributed by atoms with Crippen molar-refractivity contribution in [3.8, 4) is 0 Å². The first-order valence-electron chi connectivity index (χ1n) is 12.2. The monoisotopic (exact) mass is 528 g/mol. The maximum Gasteiger partial charge on any atom is 0.401 e. The lowest BCUT2D eigenvalue weighted by atomic mass is 9.88. The summed E-state index contributed by atoms with van der Waals surface area (Å²) in [5.74, 6) is -2.46. The van der Waals surface area contributed by atoms with Crippen LogP contribution in [0.2, 0.25) is 0 Å². The van der Waals surface area contributed by atoms with Gasteiger partial charge in [-0.1, -0.05) is 0 Å². The fourth-order valence-corrected chi connectivity index (χ4v) is 5.58. The molecule has 3 heterocycles. The second-order valence-electron chi connectivity index (χ2n) is 9.95. The number of benzene rings is 2. The van der Waals surface area contributed by atoms with Gasteiger partial charge in [-0.3, -0.25) is 14.2 Å². The van der Waals surface area contributed by atoms with Crippen LogP contribution in [0.25, 0.3) is 10.9 Å². The first-order valence-corrected chi connectivity index (χ1v) is 12.2. The number of fused-ring (bicyclic) bond motifs is 3. The highest BCUT2D eigenvalue weighted by molar-refractivity contribution is 5.85. The summed E-state index contributed by atoms with van der Waals surface area (Å²) in [7, 11) is 0. The predicted octanol–water partition coefficient (Wildman–Crippen LogP) is 5.94. The summed E-state index contributed by atoms with van der Waals surface area (Å²) >= 11 is 0. The van der Waals surface area contributed by atoms with Crippen LogP contribution in [-0.4, -0.2) is 65.9 Å². The van der Waals surface area contributed by atoms with E-state index in [9.17, 15) is 22.0 Å². The van der Waals surface area contributed by atoms with Gasteiger partial charge in [-0.05, 0) is 55.7 Å².